The number of aromatic nitrogens is 2. The van der Waals surface area contributed by atoms with Crippen molar-refractivity contribution in [2.75, 3.05) is 13.2 Å². The molecule has 3 aromatic carbocycles. The predicted octanol–water partition coefficient (Wildman–Crippen LogP) is 4.33. The number of imidazole rings is 1. The highest BCUT2D eigenvalue weighted by Gasteiger charge is 2.11. The normalized spacial score (nSPS) is 10.9. The van der Waals surface area contributed by atoms with Gasteiger partial charge in [0.25, 0.3) is 0 Å². The van der Waals surface area contributed by atoms with Crippen LogP contribution in [0.3, 0.4) is 0 Å². The molecular formula is C26H27N3O2. The molecule has 0 bridgehead atoms. The standard InChI is InChI=1S/C26H27N3O2/c1-20-8-7-11-22(18-20)31-17-16-29-24-13-6-5-12-23(24)28-25(29)14-15-27-26(30)19-21-9-3-2-4-10-21/h2-13,18H,14-17,19H2,1H3,(H,27,30). The molecule has 0 spiro atoms. The molecular weight excluding hydrogens is 386 g/mol. The van der Waals surface area contributed by atoms with Crippen LogP contribution in [0, 0.1) is 6.92 Å². The number of benzene rings is 3. The van der Waals surface area contributed by atoms with Gasteiger partial charge in [0.2, 0.25) is 5.91 Å². The summed E-state index contributed by atoms with van der Waals surface area (Å²) in [4.78, 5) is 17.0. The molecule has 0 aliphatic rings. The fraction of sp³-hybridized carbons (Fsp3) is 0.231. The molecule has 1 N–H and O–H groups in total. The van der Waals surface area contributed by atoms with E-state index < -0.39 is 0 Å². The lowest BCUT2D eigenvalue weighted by Gasteiger charge is -2.12. The molecule has 0 fully saturated rings. The summed E-state index contributed by atoms with van der Waals surface area (Å²) >= 11 is 0. The number of hydrogen-bond donors (Lipinski definition) is 1. The summed E-state index contributed by atoms with van der Waals surface area (Å²) in [6, 6.07) is 26.0. The second kappa shape index (κ2) is 9.94. The number of rotatable bonds is 9. The number of nitrogens with zero attached hydrogens (tertiary/aromatic N) is 2. The maximum absolute atomic E-state index is 12.3. The number of para-hydroxylation sites is 2. The highest BCUT2D eigenvalue weighted by molar-refractivity contribution is 5.78. The average Bonchev–Trinajstić information content (AvgIpc) is 3.12. The Hall–Kier alpha value is -3.60. The Bertz CT molecular complexity index is 1150. The van der Waals surface area contributed by atoms with Crippen molar-refractivity contribution in [3.63, 3.8) is 0 Å². The Morgan fingerprint density at radius 3 is 2.65 bits per heavy atom. The van der Waals surface area contributed by atoms with Gasteiger partial charge >= 0.3 is 0 Å². The molecule has 4 rings (SSSR count). The van der Waals surface area contributed by atoms with Gasteiger partial charge in [-0.05, 0) is 42.3 Å². The number of ether oxygens (including phenoxy) is 1. The summed E-state index contributed by atoms with van der Waals surface area (Å²) in [7, 11) is 0. The third-order valence-electron chi connectivity index (χ3n) is 5.19. The molecule has 0 unspecified atom stereocenters. The van der Waals surface area contributed by atoms with Crippen LogP contribution in [0.15, 0.2) is 78.9 Å². The van der Waals surface area contributed by atoms with Crippen molar-refractivity contribution in [2.45, 2.75) is 26.3 Å². The van der Waals surface area contributed by atoms with E-state index in [1.807, 2.05) is 66.7 Å². The summed E-state index contributed by atoms with van der Waals surface area (Å²) in [6.45, 7) is 3.85. The van der Waals surface area contributed by atoms with Crippen molar-refractivity contribution in [1.29, 1.82) is 0 Å². The van der Waals surface area contributed by atoms with Crippen LogP contribution >= 0.6 is 0 Å². The maximum atomic E-state index is 12.3. The van der Waals surface area contributed by atoms with Gasteiger partial charge in [-0.1, -0.05) is 54.6 Å². The Morgan fingerprint density at radius 1 is 1.00 bits per heavy atom. The largest absolute Gasteiger partial charge is 0.492 e. The quantitative estimate of drug-likeness (QED) is 0.444. The van der Waals surface area contributed by atoms with E-state index in [1.165, 1.54) is 5.56 Å². The molecule has 5 nitrogen and oxygen atoms in total. The molecule has 0 atom stereocenters. The molecule has 0 aliphatic carbocycles. The Kier molecular flexibility index (Phi) is 6.62. The van der Waals surface area contributed by atoms with Gasteiger partial charge in [0.15, 0.2) is 0 Å². The van der Waals surface area contributed by atoms with E-state index >= 15 is 0 Å². The number of fused-ring (bicyclic) bond motifs is 1. The van der Waals surface area contributed by atoms with Gasteiger partial charge in [-0.2, -0.15) is 0 Å². The van der Waals surface area contributed by atoms with Crippen molar-refractivity contribution in [3.8, 4) is 5.75 Å². The smallest absolute Gasteiger partial charge is 0.224 e. The van der Waals surface area contributed by atoms with E-state index in [1.54, 1.807) is 0 Å². The minimum Gasteiger partial charge on any atom is -0.492 e. The Labute approximate surface area is 182 Å². The van der Waals surface area contributed by atoms with Crippen LogP contribution < -0.4 is 10.1 Å². The molecule has 0 saturated carbocycles. The summed E-state index contributed by atoms with van der Waals surface area (Å²) in [5.74, 6) is 1.85. The van der Waals surface area contributed by atoms with Gasteiger partial charge in [0.1, 0.15) is 18.2 Å². The lowest BCUT2D eigenvalue weighted by atomic mass is 10.1. The zero-order valence-electron chi connectivity index (χ0n) is 17.8. The second-order valence-corrected chi connectivity index (χ2v) is 7.60. The number of amides is 1. The van der Waals surface area contributed by atoms with Crippen LogP contribution in [0.1, 0.15) is 17.0 Å². The first-order valence-corrected chi connectivity index (χ1v) is 10.6. The predicted molar refractivity (Wildman–Crippen MR) is 123 cm³/mol. The highest BCUT2D eigenvalue weighted by atomic mass is 16.5. The van der Waals surface area contributed by atoms with E-state index in [9.17, 15) is 4.79 Å². The maximum Gasteiger partial charge on any atom is 0.224 e. The molecule has 0 aliphatic heterocycles. The second-order valence-electron chi connectivity index (χ2n) is 7.60. The van der Waals surface area contributed by atoms with E-state index in [-0.39, 0.29) is 5.91 Å². The van der Waals surface area contributed by atoms with Crippen molar-refractivity contribution in [2.24, 2.45) is 0 Å². The fourth-order valence-corrected chi connectivity index (χ4v) is 3.68. The first-order chi connectivity index (χ1) is 15.2. The minimum atomic E-state index is 0.0247. The zero-order chi connectivity index (χ0) is 21.5. The van der Waals surface area contributed by atoms with Gasteiger partial charge in [0, 0.05) is 13.0 Å². The van der Waals surface area contributed by atoms with Crippen molar-refractivity contribution in [1.82, 2.24) is 14.9 Å². The first kappa shape index (κ1) is 20.7. The summed E-state index contributed by atoms with van der Waals surface area (Å²) in [5, 5.41) is 3.02. The van der Waals surface area contributed by atoms with Crippen LogP contribution in [-0.2, 0) is 24.2 Å². The number of carbonyl (C=O) groups excluding carboxylic acids is 1. The SMILES string of the molecule is Cc1cccc(OCCn2c(CCNC(=O)Cc3ccccc3)nc3ccccc32)c1. The molecule has 1 amide bonds. The molecule has 4 aromatic rings. The van der Waals surface area contributed by atoms with Crippen molar-refractivity contribution >= 4 is 16.9 Å². The summed E-state index contributed by atoms with van der Waals surface area (Å²) in [6.07, 6.45) is 1.06. The van der Waals surface area contributed by atoms with E-state index in [4.69, 9.17) is 9.72 Å². The molecule has 0 saturated heterocycles. The van der Waals surface area contributed by atoms with Crippen LogP contribution in [0.2, 0.25) is 0 Å². The zero-order valence-corrected chi connectivity index (χ0v) is 17.8. The van der Waals surface area contributed by atoms with E-state index in [0.717, 1.165) is 28.2 Å². The third kappa shape index (κ3) is 5.51. The lowest BCUT2D eigenvalue weighted by molar-refractivity contribution is -0.120. The Morgan fingerprint density at radius 2 is 1.81 bits per heavy atom. The molecule has 31 heavy (non-hydrogen) atoms. The number of aryl methyl sites for hydroxylation is 1. The summed E-state index contributed by atoms with van der Waals surface area (Å²) in [5.41, 5.74) is 4.24. The molecule has 158 valence electrons. The van der Waals surface area contributed by atoms with Crippen molar-refractivity contribution < 1.29 is 9.53 Å². The third-order valence-corrected chi connectivity index (χ3v) is 5.19. The summed E-state index contributed by atoms with van der Waals surface area (Å²) < 4.78 is 8.14. The van der Waals surface area contributed by atoms with Gasteiger partial charge in [-0.3, -0.25) is 4.79 Å². The Balaban J connectivity index is 1.38. The van der Waals surface area contributed by atoms with E-state index in [0.29, 0.717) is 32.5 Å². The monoisotopic (exact) mass is 413 g/mol. The fourth-order valence-electron chi connectivity index (χ4n) is 3.68. The highest BCUT2D eigenvalue weighted by Crippen LogP contribution is 2.17. The van der Waals surface area contributed by atoms with Gasteiger partial charge < -0.3 is 14.6 Å². The molecule has 1 aromatic heterocycles. The van der Waals surface area contributed by atoms with Gasteiger partial charge in [-0.15, -0.1) is 0 Å². The molecule has 5 heteroatoms. The number of nitrogens with one attached hydrogen (secondary N) is 1. The van der Waals surface area contributed by atoms with Crippen LogP contribution in [-0.4, -0.2) is 28.6 Å². The van der Waals surface area contributed by atoms with Gasteiger partial charge in [-0.25, -0.2) is 4.98 Å². The molecule has 0 radical (unpaired) electrons. The van der Waals surface area contributed by atoms with Crippen LogP contribution in [0.4, 0.5) is 0 Å². The van der Waals surface area contributed by atoms with Crippen LogP contribution in [0.25, 0.3) is 11.0 Å². The average molecular weight is 414 g/mol. The molecule has 1 heterocycles. The van der Waals surface area contributed by atoms with Crippen molar-refractivity contribution in [3.05, 3.63) is 95.8 Å². The van der Waals surface area contributed by atoms with Crippen LogP contribution in [0.5, 0.6) is 5.75 Å². The van der Waals surface area contributed by atoms with E-state index in [2.05, 4.69) is 28.9 Å². The first-order valence-electron chi connectivity index (χ1n) is 10.6. The number of carbonyl (C=O) groups is 1. The minimum absolute atomic E-state index is 0.0247. The van der Waals surface area contributed by atoms with Gasteiger partial charge in [0.05, 0.1) is 24.0 Å². The topological polar surface area (TPSA) is 56.1 Å². The lowest BCUT2D eigenvalue weighted by Crippen LogP contribution is -2.28. The number of hydrogen-bond acceptors (Lipinski definition) is 3.